The molecule has 106 valence electrons. The van der Waals surface area contributed by atoms with Gasteiger partial charge in [0.2, 0.25) is 5.91 Å². The van der Waals surface area contributed by atoms with E-state index in [1.54, 1.807) is 6.92 Å². The fourth-order valence-electron chi connectivity index (χ4n) is 2.12. The molecule has 6 heteroatoms. The van der Waals surface area contributed by atoms with Gasteiger partial charge in [0.25, 0.3) is 0 Å². The fourth-order valence-corrected chi connectivity index (χ4v) is 2.12. The van der Waals surface area contributed by atoms with E-state index in [-0.39, 0.29) is 18.5 Å². The molecule has 0 aromatic heterocycles. The molecule has 1 saturated heterocycles. The summed E-state index contributed by atoms with van der Waals surface area (Å²) < 4.78 is 0. The van der Waals surface area contributed by atoms with Gasteiger partial charge in [0, 0.05) is 26.2 Å². The van der Waals surface area contributed by atoms with Crippen molar-refractivity contribution in [3.63, 3.8) is 0 Å². The first-order chi connectivity index (χ1) is 8.97. The lowest BCUT2D eigenvalue weighted by Gasteiger charge is -2.38. The number of piperazine rings is 1. The van der Waals surface area contributed by atoms with Crippen LogP contribution in [-0.4, -0.2) is 71.6 Å². The summed E-state index contributed by atoms with van der Waals surface area (Å²) in [6.45, 7) is 6.42. The topological polar surface area (TPSA) is 72.9 Å². The van der Waals surface area contributed by atoms with E-state index in [9.17, 15) is 9.59 Å². The molecule has 1 heterocycles. The third-order valence-corrected chi connectivity index (χ3v) is 3.55. The van der Waals surface area contributed by atoms with Gasteiger partial charge in [0.15, 0.2) is 0 Å². The van der Waals surface area contributed by atoms with Crippen molar-refractivity contribution in [2.45, 2.75) is 25.9 Å². The molecular formula is C13H21N3O3. The average molecular weight is 267 g/mol. The van der Waals surface area contributed by atoms with Crippen LogP contribution < -0.4 is 5.32 Å². The van der Waals surface area contributed by atoms with Crippen LogP contribution >= 0.6 is 0 Å². The maximum absolute atomic E-state index is 11.8. The van der Waals surface area contributed by atoms with E-state index in [1.807, 2.05) is 16.7 Å². The second-order valence-electron chi connectivity index (χ2n) is 4.68. The number of aliphatic carboxylic acids is 1. The number of nitrogens with zero attached hydrogens (tertiary/aromatic N) is 2. The highest BCUT2D eigenvalue weighted by Crippen LogP contribution is 2.09. The number of carboxylic acids is 1. The average Bonchev–Trinajstić information content (AvgIpc) is 2.43. The first-order valence-corrected chi connectivity index (χ1v) is 6.39. The monoisotopic (exact) mass is 267 g/mol. The lowest BCUT2D eigenvalue weighted by Crippen LogP contribution is -2.56. The number of nitrogens with one attached hydrogen (secondary N) is 1. The van der Waals surface area contributed by atoms with Gasteiger partial charge < -0.3 is 10.4 Å². The Kier molecular flexibility index (Phi) is 5.80. The second-order valence-corrected chi connectivity index (χ2v) is 4.68. The minimum absolute atomic E-state index is 0.0855. The Morgan fingerprint density at radius 2 is 1.68 bits per heavy atom. The normalized spacial score (nSPS) is 20.3. The van der Waals surface area contributed by atoms with Crippen molar-refractivity contribution in [3.05, 3.63) is 0 Å². The van der Waals surface area contributed by atoms with Crippen molar-refractivity contribution < 1.29 is 14.7 Å². The van der Waals surface area contributed by atoms with Crippen molar-refractivity contribution in [1.29, 1.82) is 0 Å². The molecule has 0 aromatic carbocycles. The molecule has 1 amide bonds. The quantitative estimate of drug-likeness (QED) is 0.639. The van der Waals surface area contributed by atoms with E-state index >= 15 is 0 Å². The number of carboxylic acid groups (broad SMARTS) is 1. The number of carbonyl (C=O) groups is 2. The van der Waals surface area contributed by atoms with Gasteiger partial charge >= 0.3 is 5.97 Å². The summed E-state index contributed by atoms with van der Waals surface area (Å²) in [5, 5.41) is 11.6. The zero-order valence-corrected chi connectivity index (χ0v) is 11.4. The van der Waals surface area contributed by atoms with Crippen LogP contribution in [0.2, 0.25) is 0 Å². The number of carbonyl (C=O) groups excluding carboxylic acids is 1. The van der Waals surface area contributed by atoms with Crippen LogP contribution in [0.15, 0.2) is 0 Å². The molecule has 1 rings (SSSR count). The van der Waals surface area contributed by atoms with Crippen LogP contribution in [0, 0.1) is 12.3 Å². The van der Waals surface area contributed by atoms with Crippen LogP contribution in [0.5, 0.6) is 0 Å². The minimum atomic E-state index is -0.812. The predicted octanol–water partition coefficient (Wildman–Crippen LogP) is -0.785. The van der Waals surface area contributed by atoms with Gasteiger partial charge in [-0.3, -0.25) is 19.4 Å². The Morgan fingerprint density at radius 1 is 1.21 bits per heavy atom. The summed E-state index contributed by atoms with van der Waals surface area (Å²) in [5.41, 5.74) is 0. The van der Waals surface area contributed by atoms with Crippen LogP contribution in [0.25, 0.3) is 0 Å². The highest BCUT2D eigenvalue weighted by Gasteiger charge is 2.29. The van der Waals surface area contributed by atoms with E-state index in [1.165, 1.54) is 0 Å². The highest BCUT2D eigenvalue weighted by atomic mass is 16.4. The number of amides is 1. The van der Waals surface area contributed by atoms with E-state index in [0.717, 1.165) is 0 Å². The second kappa shape index (κ2) is 7.12. The standard InChI is InChI=1S/C13H21N3O3/c1-4-5-14-12(17)10(2)15-6-8-16(9-7-15)11(3)13(18)19/h1,10-11H,5-9H2,2-3H3,(H,14,17)(H,18,19). The van der Waals surface area contributed by atoms with Gasteiger partial charge in [-0.2, -0.15) is 0 Å². The van der Waals surface area contributed by atoms with Gasteiger partial charge in [0.05, 0.1) is 12.6 Å². The molecule has 0 radical (unpaired) electrons. The third-order valence-electron chi connectivity index (χ3n) is 3.55. The molecule has 0 aromatic rings. The summed E-state index contributed by atoms with van der Waals surface area (Å²) in [6.07, 6.45) is 5.09. The fraction of sp³-hybridized carbons (Fsp3) is 0.692. The third kappa shape index (κ3) is 4.23. The Labute approximate surface area is 113 Å². The van der Waals surface area contributed by atoms with Gasteiger partial charge in [-0.1, -0.05) is 5.92 Å². The Balaban J connectivity index is 2.43. The van der Waals surface area contributed by atoms with Crippen molar-refractivity contribution in [3.8, 4) is 12.3 Å². The van der Waals surface area contributed by atoms with E-state index < -0.39 is 12.0 Å². The van der Waals surface area contributed by atoms with Crippen LogP contribution in [-0.2, 0) is 9.59 Å². The number of hydrogen-bond acceptors (Lipinski definition) is 4. The summed E-state index contributed by atoms with van der Waals surface area (Å²) in [7, 11) is 0. The molecule has 0 aliphatic carbocycles. The van der Waals surface area contributed by atoms with Crippen molar-refractivity contribution in [2.75, 3.05) is 32.7 Å². The molecule has 1 aliphatic heterocycles. The molecule has 2 N–H and O–H groups in total. The molecule has 6 nitrogen and oxygen atoms in total. The lowest BCUT2D eigenvalue weighted by atomic mass is 10.2. The summed E-state index contributed by atoms with van der Waals surface area (Å²) in [4.78, 5) is 26.6. The zero-order valence-electron chi connectivity index (χ0n) is 11.4. The summed E-state index contributed by atoms with van der Waals surface area (Å²) >= 11 is 0. The highest BCUT2D eigenvalue weighted by molar-refractivity contribution is 5.81. The van der Waals surface area contributed by atoms with Gasteiger partial charge in [-0.15, -0.1) is 6.42 Å². The van der Waals surface area contributed by atoms with Crippen molar-refractivity contribution in [2.24, 2.45) is 0 Å². The smallest absolute Gasteiger partial charge is 0.320 e. The van der Waals surface area contributed by atoms with Gasteiger partial charge in [-0.25, -0.2) is 0 Å². The van der Waals surface area contributed by atoms with E-state index in [2.05, 4.69) is 11.2 Å². The van der Waals surface area contributed by atoms with Crippen molar-refractivity contribution >= 4 is 11.9 Å². The van der Waals surface area contributed by atoms with Gasteiger partial charge in [-0.05, 0) is 13.8 Å². The maximum atomic E-state index is 11.8. The molecule has 1 aliphatic rings. The van der Waals surface area contributed by atoms with E-state index in [4.69, 9.17) is 11.5 Å². The summed E-state index contributed by atoms with van der Waals surface area (Å²) in [5.74, 6) is 1.47. The Bertz CT molecular complexity index is 370. The molecule has 0 bridgehead atoms. The van der Waals surface area contributed by atoms with Crippen LogP contribution in [0.3, 0.4) is 0 Å². The van der Waals surface area contributed by atoms with Crippen LogP contribution in [0.4, 0.5) is 0 Å². The molecule has 19 heavy (non-hydrogen) atoms. The first-order valence-electron chi connectivity index (χ1n) is 6.39. The lowest BCUT2D eigenvalue weighted by molar-refractivity contribution is -0.144. The molecule has 2 unspecified atom stereocenters. The van der Waals surface area contributed by atoms with E-state index in [0.29, 0.717) is 26.2 Å². The predicted molar refractivity (Wildman–Crippen MR) is 71.5 cm³/mol. The molecule has 0 spiro atoms. The minimum Gasteiger partial charge on any atom is -0.480 e. The molecular weight excluding hydrogens is 246 g/mol. The SMILES string of the molecule is C#CCNC(=O)C(C)N1CCN(C(C)C(=O)O)CC1. The molecule has 2 atom stereocenters. The Morgan fingerprint density at radius 3 is 2.11 bits per heavy atom. The maximum Gasteiger partial charge on any atom is 0.320 e. The molecule has 0 saturated carbocycles. The largest absolute Gasteiger partial charge is 0.480 e. The molecule has 1 fully saturated rings. The Hall–Kier alpha value is -1.58. The van der Waals surface area contributed by atoms with Crippen molar-refractivity contribution in [1.82, 2.24) is 15.1 Å². The number of terminal acetylenes is 1. The first kappa shape index (κ1) is 15.5. The van der Waals surface area contributed by atoms with Gasteiger partial charge in [0.1, 0.15) is 6.04 Å². The van der Waals surface area contributed by atoms with Crippen LogP contribution in [0.1, 0.15) is 13.8 Å². The number of rotatable bonds is 5. The summed E-state index contributed by atoms with van der Waals surface area (Å²) in [6, 6.07) is -0.719. The number of hydrogen-bond donors (Lipinski definition) is 2. The zero-order chi connectivity index (χ0) is 14.4.